The molecule has 4 rings (SSSR count). The minimum Gasteiger partial charge on any atom is -0.0622 e. The van der Waals surface area contributed by atoms with Crippen LogP contribution in [0.15, 0.2) is 89.4 Å². The SMILES string of the molecule is Cc1ccc(-c2ccc(Br)c3ccccc23)c(-c2ccccc2)c1. The van der Waals surface area contributed by atoms with E-state index in [0.717, 1.165) is 4.47 Å². The molecule has 0 aromatic heterocycles. The molecule has 0 saturated carbocycles. The summed E-state index contributed by atoms with van der Waals surface area (Å²) in [6.07, 6.45) is 0. The Labute approximate surface area is 150 Å². The van der Waals surface area contributed by atoms with Crippen LogP contribution in [0.1, 0.15) is 5.56 Å². The number of hydrogen-bond acceptors (Lipinski definition) is 0. The van der Waals surface area contributed by atoms with Crippen molar-refractivity contribution >= 4 is 26.7 Å². The van der Waals surface area contributed by atoms with Gasteiger partial charge in [-0.3, -0.25) is 0 Å². The number of hydrogen-bond donors (Lipinski definition) is 0. The molecule has 0 spiro atoms. The Morgan fingerprint density at radius 2 is 1.25 bits per heavy atom. The van der Waals surface area contributed by atoms with Crippen molar-refractivity contribution < 1.29 is 0 Å². The fourth-order valence-corrected chi connectivity index (χ4v) is 3.72. The second-order valence-electron chi connectivity index (χ2n) is 6.06. The molecule has 0 aliphatic carbocycles. The summed E-state index contributed by atoms with van der Waals surface area (Å²) in [5.74, 6) is 0. The number of halogens is 1. The third-order valence-corrected chi connectivity index (χ3v) is 5.11. The molecule has 0 saturated heterocycles. The Morgan fingerprint density at radius 3 is 2.04 bits per heavy atom. The number of fused-ring (bicyclic) bond motifs is 1. The monoisotopic (exact) mass is 372 g/mol. The summed E-state index contributed by atoms with van der Waals surface area (Å²) in [6, 6.07) is 30.3. The summed E-state index contributed by atoms with van der Waals surface area (Å²) >= 11 is 3.68. The van der Waals surface area contributed by atoms with E-state index in [-0.39, 0.29) is 0 Å². The first-order valence-electron chi connectivity index (χ1n) is 8.08. The molecule has 24 heavy (non-hydrogen) atoms. The third kappa shape index (κ3) is 2.65. The Kier molecular flexibility index (Phi) is 3.95. The van der Waals surface area contributed by atoms with Crippen molar-refractivity contribution in [2.75, 3.05) is 0 Å². The molecule has 0 atom stereocenters. The molecule has 0 aliphatic rings. The average molecular weight is 373 g/mol. The highest BCUT2D eigenvalue weighted by atomic mass is 79.9. The second kappa shape index (κ2) is 6.26. The lowest BCUT2D eigenvalue weighted by atomic mass is 9.90. The van der Waals surface area contributed by atoms with Gasteiger partial charge < -0.3 is 0 Å². The third-order valence-electron chi connectivity index (χ3n) is 4.42. The highest BCUT2D eigenvalue weighted by molar-refractivity contribution is 9.10. The highest BCUT2D eigenvalue weighted by Crippen LogP contribution is 2.38. The summed E-state index contributed by atoms with van der Waals surface area (Å²) in [5.41, 5.74) is 6.36. The smallest absolute Gasteiger partial charge is 0.0254 e. The highest BCUT2D eigenvalue weighted by Gasteiger charge is 2.11. The molecule has 0 nitrogen and oxygen atoms in total. The van der Waals surface area contributed by atoms with Crippen molar-refractivity contribution in [1.82, 2.24) is 0 Å². The lowest BCUT2D eigenvalue weighted by molar-refractivity contribution is 1.46. The Morgan fingerprint density at radius 1 is 0.583 bits per heavy atom. The first kappa shape index (κ1) is 15.2. The van der Waals surface area contributed by atoms with E-state index >= 15 is 0 Å². The first-order chi connectivity index (χ1) is 11.7. The zero-order valence-corrected chi connectivity index (χ0v) is 15.0. The van der Waals surface area contributed by atoms with Crippen molar-refractivity contribution in [3.63, 3.8) is 0 Å². The molecule has 1 heteroatoms. The maximum atomic E-state index is 3.68. The zero-order valence-electron chi connectivity index (χ0n) is 13.5. The molecule has 4 aromatic rings. The van der Waals surface area contributed by atoms with Crippen LogP contribution in [0.25, 0.3) is 33.0 Å². The van der Waals surface area contributed by atoms with Gasteiger partial charge in [0.15, 0.2) is 0 Å². The van der Waals surface area contributed by atoms with Gasteiger partial charge in [-0.2, -0.15) is 0 Å². The van der Waals surface area contributed by atoms with Gasteiger partial charge in [0.2, 0.25) is 0 Å². The Hall–Kier alpha value is -2.38. The molecule has 0 fully saturated rings. The molecule has 116 valence electrons. The van der Waals surface area contributed by atoms with Crippen molar-refractivity contribution in [1.29, 1.82) is 0 Å². The van der Waals surface area contributed by atoms with Gasteiger partial charge in [0.25, 0.3) is 0 Å². The van der Waals surface area contributed by atoms with Crippen LogP contribution in [-0.4, -0.2) is 0 Å². The normalized spacial score (nSPS) is 10.9. The molecule has 0 heterocycles. The van der Waals surface area contributed by atoms with E-state index in [9.17, 15) is 0 Å². The van der Waals surface area contributed by atoms with Crippen molar-refractivity contribution in [2.45, 2.75) is 6.92 Å². The largest absolute Gasteiger partial charge is 0.0622 e. The lowest BCUT2D eigenvalue weighted by Gasteiger charge is -2.14. The van der Waals surface area contributed by atoms with Crippen LogP contribution in [0.3, 0.4) is 0 Å². The van der Waals surface area contributed by atoms with Gasteiger partial charge in [-0.15, -0.1) is 0 Å². The summed E-state index contributed by atoms with van der Waals surface area (Å²) in [4.78, 5) is 0. The molecule has 4 aromatic carbocycles. The van der Waals surface area contributed by atoms with E-state index in [4.69, 9.17) is 0 Å². The van der Waals surface area contributed by atoms with Gasteiger partial charge in [-0.25, -0.2) is 0 Å². The van der Waals surface area contributed by atoms with Crippen LogP contribution in [0, 0.1) is 6.92 Å². The fourth-order valence-electron chi connectivity index (χ4n) is 3.25. The second-order valence-corrected chi connectivity index (χ2v) is 6.91. The van der Waals surface area contributed by atoms with Crippen LogP contribution in [-0.2, 0) is 0 Å². The van der Waals surface area contributed by atoms with E-state index in [1.54, 1.807) is 0 Å². The topological polar surface area (TPSA) is 0 Å². The summed E-state index contributed by atoms with van der Waals surface area (Å²) in [7, 11) is 0. The molecule has 0 aliphatic heterocycles. The van der Waals surface area contributed by atoms with Crippen LogP contribution in [0.4, 0.5) is 0 Å². The van der Waals surface area contributed by atoms with E-state index in [1.165, 1.54) is 38.6 Å². The molecule has 0 N–H and O–H groups in total. The molecular weight excluding hydrogens is 356 g/mol. The van der Waals surface area contributed by atoms with Gasteiger partial charge in [0.1, 0.15) is 0 Å². The maximum Gasteiger partial charge on any atom is 0.0254 e. The maximum absolute atomic E-state index is 3.68. The minimum atomic E-state index is 1.13. The van der Waals surface area contributed by atoms with Crippen LogP contribution in [0.5, 0.6) is 0 Å². The summed E-state index contributed by atoms with van der Waals surface area (Å²) < 4.78 is 1.13. The van der Waals surface area contributed by atoms with E-state index in [2.05, 4.69) is 108 Å². The van der Waals surface area contributed by atoms with Crippen LogP contribution in [0.2, 0.25) is 0 Å². The van der Waals surface area contributed by atoms with Gasteiger partial charge >= 0.3 is 0 Å². The number of benzene rings is 4. The van der Waals surface area contributed by atoms with Crippen molar-refractivity contribution in [3.05, 3.63) is 95.0 Å². The van der Waals surface area contributed by atoms with E-state index in [0.29, 0.717) is 0 Å². The minimum absolute atomic E-state index is 1.13. The number of rotatable bonds is 2. The molecule has 0 unspecified atom stereocenters. The predicted molar refractivity (Wildman–Crippen MR) is 107 cm³/mol. The van der Waals surface area contributed by atoms with Gasteiger partial charge in [0.05, 0.1) is 0 Å². The predicted octanol–water partition coefficient (Wildman–Crippen LogP) is 7.24. The van der Waals surface area contributed by atoms with Crippen molar-refractivity contribution in [2.24, 2.45) is 0 Å². The van der Waals surface area contributed by atoms with Crippen LogP contribution < -0.4 is 0 Å². The Bertz CT molecular complexity index is 1020. The standard InChI is InChI=1S/C23H17Br/c1-16-11-12-20(22(15-16)17-7-3-2-4-8-17)19-13-14-23(24)21-10-6-5-9-18(19)21/h2-15H,1H3. The quantitative estimate of drug-likeness (QED) is 0.347. The molecule has 0 amide bonds. The van der Waals surface area contributed by atoms with Gasteiger partial charge in [-0.05, 0) is 46.0 Å². The summed E-state index contributed by atoms with van der Waals surface area (Å²) in [5, 5.41) is 2.52. The summed E-state index contributed by atoms with van der Waals surface area (Å²) in [6.45, 7) is 2.15. The Balaban J connectivity index is 2.04. The zero-order chi connectivity index (χ0) is 16.5. The number of aryl methyl sites for hydroxylation is 1. The molecule has 0 bridgehead atoms. The average Bonchev–Trinajstić information content (AvgIpc) is 2.63. The van der Waals surface area contributed by atoms with Crippen molar-refractivity contribution in [3.8, 4) is 22.3 Å². The fraction of sp³-hybridized carbons (Fsp3) is 0.0435. The van der Waals surface area contributed by atoms with E-state index in [1.807, 2.05) is 0 Å². The lowest BCUT2D eigenvalue weighted by Crippen LogP contribution is -1.88. The van der Waals surface area contributed by atoms with Gasteiger partial charge in [-0.1, -0.05) is 100 Å². The van der Waals surface area contributed by atoms with E-state index < -0.39 is 0 Å². The first-order valence-corrected chi connectivity index (χ1v) is 8.87. The molecular formula is C23H17Br. The van der Waals surface area contributed by atoms with Gasteiger partial charge in [0, 0.05) is 4.47 Å². The molecule has 0 radical (unpaired) electrons. The van der Waals surface area contributed by atoms with Crippen LogP contribution >= 0.6 is 15.9 Å².